The Morgan fingerprint density at radius 1 is 1.30 bits per heavy atom. The Labute approximate surface area is 120 Å². The number of amides is 1. The van der Waals surface area contributed by atoms with Crippen LogP contribution in [0.15, 0.2) is 40.7 Å². The molecule has 20 heavy (non-hydrogen) atoms. The van der Waals surface area contributed by atoms with Crippen LogP contribution in [0.5, 0.6) is 0 Å². The second kappa shape index (κ2) is 6.02. The first-order valence-electron chi connectivity index (χ1n) is 5.73. The van der Waals surface area contributed by atoms with Crippen LogP contribution in [0.3, 0.4) is 0 Å². The molecule has 1 aromatic heterocycles. The Morgan fingerprint density at radius 2 is 2.00 bits per heavy atom. The van der Waals surface area contributed by atoms with Crippen molar-refractivity contribution < 1.29 is 13.2 Å². The maximum absolute atomic E-state index is 12.1. The van der Waals surface area contributed by atoms with Gasteiger partial charge in [-0.1, -0.05) is 12.1 Å². The second-order valence-corrected chi connectivity index (χ2v) is 6.57. The molecule has 0 aliphatic heterocycles. The molecule has 6 nitrogen and oxygen atoms in total. The lowest BCUT2D eigenvalue weighted by molar-refractivity contribution is -0.119. The molecule has 0 fully saturated rings. The van der Waals surface area contributed by atoms with E-state index in [0.29, 0.717) is 11.7 Å². The third-order valence-corrected chi connectivity index (χ3v) is 4.60. The molecule has 2 rings (SSSR count). The smallest absolute Gasteiger partial charge is 0.263 e. The molecule has 0 spiro atoms. The van der Waals surface area contributed by atoms with Crippen LogP contribution in [-0.2, 0) is 21.4 Å². The predicted octanol–water partition coefficient (Wildman–Crippen LogP) is 1.58. The van der Waals surface area contributed by atoms with Crippen LogP contribution in [0.1, 0.15) is 12.5 Å². The van der Waals surface area contributed by atoms with Gasteiger partial charge >= 0.3 is 0 Å². The summed E-state index contributed by atoms with van der Waals surface area (Å²) in [6, 6.07) is 6.30. The van der Waals surface area contributed by atoms with Gasteiger partial charge < -0.3 is 5.32 Å². The first kappa shape index (κ1) is 14.5. The van der Waals surface area contributed by atoms with Crippen molar-refractivity contribution in [3.05, 3.63) is 41.4 Å². The third kappa shape index (κ3) is 3.78. The fraction of sp³-hybridized carbons (Fsp3) is 0.167. The van der Waals surface area contributed by atoms with Gasteiger partial charge in [0, 0.05) is 25.0 Å². The van der Waals surface area contributed by atoms with Gasteiger partial charge in [-0.2, -0.15) is 0 Å². The number of hydrogen-bond donors (Lipinski definition) is 2. The number of benzene rings is 1. The molecule has 8 heteroatoms. The Balaban J connectivity index is 2.10. The van der Waals surface area contributed by atoms with Crippen LogP contribution in [-0.4, -0.2) is 19.3 Å². The average Bonchev–Trinajstić information content (AvgIpc) is 2.89. The molecule has 0 saturated carbocycles. The van der Waals surface area contributed by atoms with Gasteiger partial charge in [-0.25, -0.2) is 13.4 Å². The third-order valence-electron chi connectivity index (χ3n) is 2.43. The normalized spacial score (nSPS) is 11.1. The van der Waals surface area contributed by atoms with E-state index in [1.54, 1.807) is 17.5 Å². The van der Waals surface area contributed by atoms with Crippen molar-refractivity contribution in [2.24, 2.45) is 0 Å². The molecular formula is C12H13N3O3S2. The first-order valence-corrected chi connectivity index (χ1v) is 8.09. The zero-order valence-electron chi connectivity index (χ0n) is 10.7. The fourth-order valence-corrected chi connectivity index (χ4v) is 3.25. The van der Waals surface area contributed by atoms with E-state index in [-0.39, 0.29) is 10.8 Å². The summed E-state index contributed by atoms with van der Waals surface area (Å²) in [4.78, 5) is 14.8. The largest absolute Gasteiger partial charge is 0.352 e. The monoisotopic (exact) mass is 311 g/mol. The molecule has 2 aromatic rings. The van der Waals surface area contributed by atoms with Crippen LogP contribution < -0.4 is 10.0 Å². The molecule has 0 aliphatic rings. The number of carbonyl (C=O) groups is 1. The van der Waals surface area contributed by atoms with Gasteiger partial charge in [0.2, 0.25) is 5.91 Å². The fourth-order valence-electron chi connectivity index (χ4n) is 1.46. The van der Waals surface area contributed by atoms with Crippen molar-refractivity contribution in [1.82, 2.24) is 10.3 Å². The van der Waals surface area contributed by atoms with Crippen LogP contribution in [0.25, 0.3) is 0 Å². The van der Waals surface area contributed by atoms with Gasteiger partial charge in [0.25, 0.3) is 10.0 Å². The van der Waals surface area contributed by atoms with E-state index in [1.165, 1.54) is 36.6 Å². The van der Waals surface area contributed by atoms with E-state index < -0.39 is 10.0 Å². The van der Waals surface area contributed by atoms with E-state index in [1.807, 2.05) is 0 Å². The van der Waals surface area contributed by atoms with Crippen molar-refractivity contribution in [1.29, 1.82) is 0 Å². The zero-order chi connectivity index (χ0) is 14.6. The standard InChI is InChI=1S/C12H13N3O3S2/c1-9(16)14-8-10-2-4-11(5-3-10)20(17,18)15-12-13-6-7-19-12/h2-7H,8H2,1H3,(H,13,15)(H,14,16). The van der Waals surface area contributed by atoms with E-state index in [0.717, 1.165) is 5.56 Å². The molecule has 2 N–H and O–H groups in total. The minimum absolute atomic E-state index is 0.132. The summed E-state index contributed by atoms with van der Waals surface area (Å²) >= 11 is 1.21. The predicted molar refractivity (Wildman–Crippen MR) is 76.9 cm³/mol. The highest BCUT2D eigenvalue weighted by molar-refractivity contribution is 7.93. The highest BCUT2D eigenvalue weighted by Gasteiger charge is 2.15. The molecule has 0 unspecified atom stereocenters. The van der Waals surface area contributed by atoms with Crippen LogP contribution >= 0.6 is 11.3 Å². The van der Waals surface area contributed by atoms with Crippen molar-refractivity contribution >= 4 is 32.4 Å². The summed E-state index contributed by atoms with van der Waals surface area (Å²) in [5.41, 5.74) is 0.827. The van der Waals surface area contributed by atoms with Crippen molar-refractivity contribution in [2.75, 3.05) is 4.72 Å². The maximum atomic E-state index is 12.1. The summed E-state index contributed by atoms with van der Waals surface area (Å²) in [5, 5.41) is 4.66. The second-order valence-electron chi connectivity index (χ2n) is 4.00. The highest BCUT2D eigenvalue weighted by atomic mass is 32.2. The maximum Gasteiger partial charge on any atom is 0.263 e. The number of carbonyl (C=O) groups excluding carboxylic acids is 1. The Bertz CT molecular complexity index is 679. The number of sulfonamides is 1. The summed E-state index contributed by atoms with van der Waals surface area (Å²) in [6.07, 6.45) is 1.53. The van der Waals surface area contributed by atoms with Crippen molar-refractivity contribution in [3.8, 4) is 0 Å². The SMILES string of the molecule is CC(=O)NCc1ccc(S(=O)(=O)Nc2nccs2)cc1. The summed E-state index contributed by atoms with van der Waals surface area (Å²) in [6.45, 7) is 1.80. The molecule has 0 atom stereocenters. The van der Waals surface area contributed by atoms with Crippen LogP contribution in [0, 0.1) is 0 Å². The molecule has 0 saturated heterocycles. The Hall–Kier alpha value is -1.93. The van der Waals surface area contributed by atoms with Gasteiger partial charge in [-0.05, 0) is 17.7 Å². The number of nitrogens with zero attached hydrogens (tertiary/aromatic N) is 1. The Morgan fingerprint density at radius 3 is 2.55 bits per heavy atom. The lowest BCUT2D eigenvalue weighted by Crippen LogP contribution is -2.19. The van der Waals surface area contributed by atoms with E-state index in [9.17, 15) is 13.2 Å². The van der Waals surface area contributed by atoms with E-state index >= 15 is 0 Å². The molecule has 1 aromatic carbocycles. The number of anilines is 1. The number of aromatic nitrogens is 1. The average molecular weight is 311 g/mol. The zero-order valence-corrected chi connectivity index (χ0v) is 12.3. The topological polar surface area (TPSA) is 88.2 Å². The quantitative estimate of drug-likeness (QED) is 0.877. The molecule has 1 heterocycles. The lowest BCUT2D eigenvalue weighted by atomic mass is 10.2. The van der Waals surface area contributed by atoms with Crippen LogP contribution in [0.2, 0.25) is 0 Å². The summed E-state index contributed by atoms with van der Waals surface area (Å²) in [5.74, 6) is -0.132. The Kier molecular flexibility index (Phi) is 4.35. The molecule has 1 amide bonds. The number of thiazole rings is 1. The molecule has 0 aliphatic carbocycles. The first-order chi connectivity index (χ1) is 9.47. The number of nitrogens with one attached hydrogen (secondary N) is 2. The van der Waals surface area contributed by atoms with Gasteiger partial charge in [0.1, 0.15) is 0 Å². The minimum Gasteiger partial charge on any atom is -0.352 e. The van der Waals surface area contributed by atoms with Gasteiger partial charge in [-0.15, -0.1) is 11.3 Å². The molecule has 0 bridgehead atoms. The number of rotatable bonds is 5. The number of hydrogen-bond acceptors (Lipinski definition) is 5. The molecular weight excluding hydrogens is 298 g/mol. The van der Waals surface area contributed by atoms with Gasteiger partial charge in [-0.3, -0.25) is 9.52 Å². The summed E-state index contributed by atoms with van der Waals surface area (Å²) in [7, 11) is -3.62. The van der Waals surface area contributed by atoms with Gasteiger partial charge in [0.05, 0.1) is 4.90 Å². The molecule has 0 radical (unpaired) electrons. The van der Waals surface area contributed by atoms with E-state index in [4.69, 9.17) is 0 Å². The lowest BCUT2D eigenvalue weighted by Gasteiger charge is -2.07. The van der Waals surface area contributed by atoms with Gasteiger partial charge in [0.15, 0.2) is 5.13 Å². The highest BCUT2D eigenvalue weighted by Crippen LogP contribution is 2.18. The van der Waals surface area contributed by atoms with E-state index in [2.05, 4.69) is 15.0 Å². The van der Waals surface area contributed by atoms with Crippen molar-refractivity contribution in [3.63, 3.8) is 0 Å². The minimum atomic E-state index is -3.62. The van der Waals surface area contributed by atoms with Crippen LogP contribution in [0.4, 0.5) is 5.13 Å². The summed E-state index contributed by atoms with van der Waals surface area (Å²) < 4.78 is 26.5. The van der Waals surface area contributed by atoms with Crippen molar-refractivity contribution in [2.45, 2.75) is 18.4 Å². The molecule has 106 valence electrons.